The molecule has 0 unspecified atom stereocenters. The zero-order valence-electron chi connectivity index (χ0n) is 19.2. The second-order valence-electron chi connectivity index (χ2n) is 8.27. The first kappa shape index (κ1) is 23.1. The quantitative estimate of drug-likeness (QED) is 0.386. The van der Waals surface area contributed by atoms with Crippen LogP contribution in [0.15, 0.2) is 41.2 Å². The van der Waals surface area contributed by atoms with Gasteiger partial charge in [0.15, 0.2) is 16.6 Å². The number of benzene rings is 2. The molecule has 2 heterocycles. The van der Waals surface area contributed by atoms with E-state index in [0.717, 1.165) is 39.9 Å². The Kier molecular flexibility index (Phi) is 7.15. The number of aromatic amines is 1. The van der Waals surface area contributed by atoms with Gasteiger partial charge in [0.25, 0.3) is 5.56 Å². The van der Waals surface area contributed by atoms with Crippen molar-refractivity contribution in [3.8, 4) is 11.5 Å². The number of fused-ring (bicyclic) bond motifs is 2. The summed E-state index contributed by atoms with van der Waals surface area (Å²) in [7, 11) is 1.68. The van der Waals surface area contributed by atoms with Crippen LogP contribution in [-0.4, -0.2) is 42.1 Å². The van der Waals surface area contributed by atoms with Crippen LogP contribution in [0.1, 0.15) is 28.7 Å². The van der Waals surface area contributed by atoms with Crippen molar-refractivity contribution in [1.82, 2.24) is 15.2 Å². The molecular weight excluding hydrogens is 438 g/mol. The molecule has 4 rings (SSSR count). The first-order valence-corrected chi connectivity index (χ1v) is 11.4. The van der Waals surface area contributed by atoms with Gasteiger partial charge in [0.05, 0.1) is 6.54 Å². The van der Waals surface area contributed by atoms with Crippen molar-refractivity contribution in [2.75, 3.05) is 27.1 Å². The lowest BCUT2D eigenvalue weighted by molar-refractivity contribution is 0.174. The third-order valence-electron chi connectivity index (χ3n) is 5.80. The normalized spacial score (nSPS) is 12.2. The summed E-state index contributed by atoms with van der Waals surface area (Å²) >= 11 is 5.71. The van der Waals surface area contributed by atoms with Crippen LogP contribution >= 0.6 is 12.2 Å². The molecule has 1 aliphatic rings. The maximum absolute atomic E-state index is 12.9. The first-order valence-electron chi connectivity index (χ1n) is 11.0. The van der Waals surface area contributed by atoms with Gasteiger partial charge >= 0.3 is 0 Å². The third-order valence-corrected chi connectivity index (χ3v) is 6.20. The number of methoxy groups -OCH3 is 1. The Labute approximate surface area is 198 Å². The topological polar surface area (TPSA) is 75.8 Å². The van der Waals surface area contributed by atoms with E-state index < -0.39 is 0 Å². The van der Waals surface area contributed by atoms with E-state index in [0.29, 0.717) is 36.9 Å². The van der Waals surface area contributed by atoms with Gasteiger partial charge in [-0.2, -0.15) is 0 Å². The number of hydrogen-bond donors (Lipinski definition) is 2. The Morgan fingerprint density at radius 1 is 1.12 bits per heavy atom. The fraction of sp³-hybridized carbons (Fsp3) is 0.360. The minimum atomic E-state index is -0.108. The fourth-order valence-electron chi connectivity index (χ4n) is 3.83. The molecule has 2 N–H and O–H groups in total. The van der Waals surface area contributed by atoms with Crippen LogP contribution in [-0.2, 0) is 17.8 Å². The number of rotatable bonds is 8. The number of H-pyrrole nitrogens is 1. The van der Waals surface area contributed by atoms with Crippen molar-refractivity contribution in [3.63, 3.8) is 0 Å². The maximum Gasteiger partial charge on any atom is 0.253 e. The number of hydrogen-bond acceptors (Lipinski definition) is 5. The standard InChI is InChI=1S/C25H29N3O4S/c1-16-9-19-12-20(24(29)27-21(19)10-17(16)2)14-28(25(33)26-7-4-8-30-3)13-18-5-6-22-23(11-18)32-15-31-22/h5-6,9-12H,4,7-8,13-15H2,1-3H3,(H,26,33)(H,27,29). The van der Waals surface area contributed by atoms with Crippen molar-refractivity contribution in [2.24, 2.45) is 0 Å². The number of nitrogens with zero attached hydrogens (tertiary/aromatic N) is 1. The van der Waals surface area contributed by atoms with Gasteiger partial charge in [-0.05, 0) is 84.9 Å². The molecule has 0 aliphatic carbocycles. The minimum Gasteiger partial charge on any atom is -0.454 e. The van der Waals surface area contributed by atoms with Crippen molar-refractivity contribution < 1.29 is 14.2 Å². The van der Waals surface area contributed by atoms with E-state index in [4.69, 9.17) is 26.4 Å². The summed E-state index contributed by atoms with van der Waals surface area (Å²) in [6, 6.07) is 11.9. The molecular formula is C25H29N3O4S. The highest BCUT2D eigenvalue weighted by molar-refractivity contribution is 7.80. The van der Waals surface area contributed by atoms with Gasteiger partial charge in [-0.25, -0.2) is 0 Å². The van der Waals surface area contributed by atoms with Crippen molar-refractivity contribution in [2.45, 2.75) is 33.4 Å². The molecule has 0 fully saturated rings. The van der Waals surface area contributed by atoms with Crippen LogP contribution in [0, 0.1) is 13.8 Å². The number of ether oxygens (including phenoxy) is 3. The Morgan fingerprint density at radius 2 is 1.91 bits per heavy atom. The van der Waals surface area contributed by atoms with Gasteiger partial charge < -0.3 is 29.4 Å². The molecule has 0 spiro atoms. The molecule has 1 aromatic heterocycles. The maximum atomic E-state index is 12.9. The molecule has 3 aromatic rings. The molecule has 0 atom stereocenters. The highest BCUT2D eigenvalue weighted by atomic mass is 32.1. The molecule has 0 bridgehead atoms. The van der Waals surface area contributed by atoms with Crippen LogP contribution in [0.3, 0.4) is 0 Å². The lowest BCUT2D eigenvalue weighted by Gasteiger charge is -2.26. The SMILES string of the molecule is COCCCNC(=S)N(Cc1ccc2c(c1)OCO2)Cc1cc2cc(C)c(C)cc2[nH]c1=O. The zero-order chi connectivity index (χ0) is 23.4. The average molecular weight is 468 g/mol. The third kappa shape index (κ3) is 5.46. The van der Waals surface area contributed by atoms with Crippen LogP contribution in [0.4, 0.5) is 0 Å². The molecule has 33 heavy (non-hydrogen) atoms. The van der Waals surface area contributed by atoms with Gasteiger partial charge in [-0.15, -0.1) is 0 Å². The predicted molar refractivity (Wildman–Crippen MR) is 133 cm³/mol. The van der Waals surface area contributed by atoms with Crippen LogP contribution < -0.4 is 20.3 Å². The van der Waals surface area contributed by atoms with E-state index in [1.807, 2.05) is 42.2 Å². The van der Waals surface area contributed by atoms with E-state index in [2.05, 4.69) is 23.3 Å². The highest BCUT2D eigenvalue weighted by Crippen LogP contribution is 2.33. The van der Waals surface area contributed by atoms with Crippen molar-refractivity contribution in [3.05, 3.63) is 69.0 Å². The Hall–Kier alpha value is -3.10. The van der Waals surface area contributed by atoms with E-state index >= 15 is 0 Å². The second-order valence-corrected chi connectivity index (χ2v) is 8.66. The highest BCUT2D eigenvalue weighted by Gasteiger charge is 2.18. The molecule has 8 heteroatoms. The van der Waals surface area contributed by atoms with Crippen LogP contribution in [0.5, 0.6) is 11.5 Å². The van der Waals surface area contributed by atoms with Crippen molar-refractivity contribution in [1.29, 1.82) is 0 Å². The number of nitrogens with one attached hydrogen (secondary N) is 2. The summed E-state index contributed by atoms with van der Waals surface area (Å²) in [6.07, 6.45) is 0.837. The largest absolute Gasteiger partial charge is 0.454 e. The molecule has 0 saturated heterocycles. The molecule has 2 aromatic carbocycles. The van der Waals surface area contributed by atoms with E-state index in [1.165, 1.54) is 5.56 Å². The van der Waals surface area contributed by atoms with Crippen LogP contribution in [0.25, 0.3) is 10.9 Å². The van der Waals surface area contributed by atoms with E-state index in [9.17, 15) is 4.79 Å². The lowest BCUT2D eigenvalue weighted by atomic mass is 10.0. The second kappa shape index (κ2) is 10.2. The zero-order valence-corrected chi connectivity index (χ0v) is 20.0. The summed E-state index contributed by atoms with van der Waals surface area (Å²) in [6.45, 7) is 6.59. The van der Waals surface area contributed by atoms with Gasteiger partial charge in [-0.1, -0.05) is 6.07 Å². The summed E-state index contributed by atoms with van der Waals surface area (Å²) in [5.74, 6) is 1.46. The predicted octanol–water partition coefficient (Wildman–Crippen LogP) is 3.79. The van der Waals surface area contributed by atoms with Gasteiger partial charge in [0.2, 0.25) is 6.79 Å². The summed E-state index contributed by atoms with van der Waals surface area (Å²) in [4.78, 5) is 17.9. The summed E-state index contributed by atoms with van der Waals surface area (Å²) in [5.41, 5.74) is 4.75. The smallest absolute Gasteiger partial charge is 0.253 e. The fourth-order valence-corrected chi connectivity index (χ4v) is 4.06. The molecule has 1 aliphatic heterocycles. The molecule has 0 amide bonds. The summed E-state index contributed by atoms with van der Waals surface area (Å²) in [5, 5.41) is 4.89. The molecule has 174 valence electrons. The van der Waals surface area contributed by atoms with E-state index in [-0.39, 0.29) is 12.4 Å². The Balaban J connectivity index is 1.59. The Morgan fingerprint density at radius 3 is 2.73 bits per heavy atom. The molecule has 0 saturated carbocycles. The van der Waals surface area contributed by atoms with Gasteiger partial charge in [-0.3, -0.25) is 4.79 Å². The van der Waals surface area contributed by atoms with Gasteiger partial charge in [0.1, 0.15) is 0 Å². The number of pyridine rings is 1. The molecule has 0 radical (unpaired) electrons. The monoisotopic (exact) mass is 467 g/mol. The minimum absolute atomic E-state index is 0.108. The van der Waals surface area contributed by atoms with Crippen LogP contribution in [0.2, 0.25) is 0 Å². The lowest BCUT2D eigenvalue weighted by Crippen LogP contribution is -2.40. The number of aromatic nitrogens is 1. The Bertz CT molecular complexity index is 1220. The summed E-state index contributed by atoms with van der Waals surface area (Å²) < 4.78 is 16.1. The molecule has 7 nitrogen and oxygen atoms in total. The van der Waals surface area contributed by atoms with Gasteiger partial charge in [0, 0.05) is 37.9 Å². The number of aryl methyl sites for hydroxylation is 2. The van der Waals surface area contributed by atoms with Crippen molar-refractivity contribution >= 4 is 28.2 Å². The number of thiocarbonyl (C=S) groups is 1. The first-order chi connectivity index (χ1) is 15.9. The average Bonchev–Trinajstić information content (AvgIpc) is 3.26. The van der Waals surface area contributed by atoms with E-state index in [1.54, 1.807) is 7.11 Å².